The van der Waals surface area contributed by atoms with Gasteiger partial charge in [0.2, 0.25) is 0 Å². The van der Waals surface area contributed by atoms with Gasteiger partial charge in [-0.3, -0.25) is 10.1 Å². The van der Waals surface area contributed by atoms with E-state index in [-0.39, 0.29) is 18.0 Å². The molecular weight excluding hydrogens is 240 g/mol. The molecule has 0 bridgehead atoms. The van der Waals surface area contributed by atoms with E-state index < -0.39 is 4.92 Å². The number of aliphatic hydroxyl groups is 1. The van der Waals surface area contributed by atoms with E-state index in [1.165, 1.54) is 30.1 Å². The largest absolute Gasteiger partial charge is 0.496 e. The third-order valence-corrected chi connectivity index (χ3v) is 2.33. The standard InChI is InChI=1S/C10H10N4O4/c1-18-8-2-3-9(10(4-8)14(16)17)13-5-7(6-15)11-12-13/h2-5,15H,6H2,1H3. The highest BCUT2D eigenvalue weighted by Gasteiger charge is 2.17. The summed E-state index contributed by atoms with van der Waals surface area (Å²) >= 11 is 0. The van der Waals surface area contributed by atoms with Crippen molar-refractivity contribution in [3.05, 3.63) is 40.2 Å². The fourth-order valence-electron chi connectivity index (χ4n) is 1.46. The van der Waals surface area contributed by atoms with Crippen LogP contribution in [0.1, 0.15) is 5.69 Å². The molecule has 8 nitrogen and oxygen atoms in total. The number of rotatable bonds is 4. The highest BCUT2D eigenvalue weighted by Crippen LogP contribution is 2.27. The van der Waals surface area contributed by atoms with Gasteiger partial charge in [0.1, 0.15) is 17.1 Å². The summed E-state index contributed by atoms with van der Waals surface area (Å²) in [5.74, 6) is 0.382. The van der Waals surface area contributed by atoms with E-state index in [4.69, 9.17) is 9.84 Å². The van der Waals surface area contributed by atoms with Gasteiger partial charge in [0.25, 0.3) is 5.69 Å². The van der Waals surface area contributed by atoms with E-state index in [9.17, 15) is 10.1 Å². The van der Waals surface area contributed by atoms with Crippen molar-refractivity contribution >= 4 is 5.69 Å². The maximum Gasteiger partial charge on any atom is 0.298 e. The predicted molar refractivity (Wildman–Crippen MR) is 60.5 cm³/mol. The van der Waals surface area contributed by atoms with Crippen LogP contribution in [0.15, 0.2) is 24.4 Å². The molecule has 0 aliphatic rings. The first-order valence-corrected chi connectivity index (χ1v) is 5.00. The number of hydrogen-bond acceptors (Lipinski definition) is 6. The van der Waals surface area contributed by atoms with Crippen LogP contribution in [0.25, 0.3) is 5.69 Å². The van der Waals surface area contributed by atoms with Crippen LogP contribution in [0, 0.1) is 10.1 Å². The minimum absolute atomic E-state index is 0.149. The Labute approximate surface area is 102 Å². The molecule has 0 saturated heterocycles. The second-order valence-corrected chi connectivity index (χ2v) is 3.42. The molecule has 1 aromatic carbocycles. The molecule has 0 spiro atoms. The van der Waals surface area contributed by atoms with Crippen molar-refractivity contribution in [2.75, 3.05) is 7.11 Å². The minimum atomic E-state index is -0.530. The van der Waals surface area contributed by atoms with Crippen LogP contribution < -0.4 is 4.74 Å². The summed E-state index contributed by atoms with van der Waals surface area (Å²) in [6, 6.07) is 4.39. The number of methoxy groups -OCH3 is 1. The Bertz CT molecular complexity index is 581. The Morgan fingerprint density at radius 3 is 2.89 bits per heavy atom. The Kier molecular flexibility index (Phi) is 3.20. The SMILES string of the molecule is COc1ccc(-n2cc(CO)nn2)c([N+](=O)[O-])c1. The first kappa shape index (κ1) is 12.0. The van der Waals surface area contributed by atoms with Gasteiger partial charge in [0.05, 0.1) is 30.9 Å². The summed E-state index contributed by atoms with van der Waals surface area (Å²) in [6.07, 6.45) is 1.43. The van der Waals surface area contributed by atoms with Gasteiger partial charge in [-0.1, -0.05) is 5.21 Å². The molecule has 0 aliphatic heterocycles. The quantitative estimate of drug-likeness (QED) is 0.632. The van der Waals surface area contributed by atoms with Crippen molar-refractivity contribution in [2.24, 2.45) is 0 Å². The molecule has 94 valence electrons. The van der Waals surface area contributed by atoms with E-state index in [0.29, 0.717) is 11.4 Å². The van der Waals surface area contributed by atoms with Crippen LogP contribution in [0.5, 0.6) is 5.75 Å². The Balaban J connectivity index is 2.52. The maximum atomic E-state index is 11.0. The lowest BCUT2D eigenvalue weighted by atomic mass is 10.2. The first-order chi connectivity index (χ1) is 8.65. The lowest BCUT2D eigenvalue weighted by Gasteiger charge is -2.04. The highest BCUT2D eigenvalue weighted by atomic mass is 16.6. The van der Waals surface area contributed by atoms with Crippen molar-refractivity contribution in [3.8, 4) is 11.4 Å². The summed E-state index contributed by atoms with van der Waals surface area (Å²) in [6.45, 7) is -0.274. The molecule has 1 aromatic heterocycles. The highest BCUT2D eigenvalue weighted by molar-refractivity contribution is 5.55. The Morgan fingerprint density at radius 1 is 1.56 bits per heavy atom. The maximum absolute atomic E-state index is 11.0. The van der Waals surface area contributed by atoms with E-state index in [1.807, 2.05) is 0 Å². The van der Waals surface area contributed by atoms with Crippen molar-refractivity contribution in [2.45, 2.75) is 6.61 Å². The zero-order chi connectivity index (χ0) is 13.1. The molecule has 8 heteroatoms. The monoisotopic (exact) mass is 250 g/mol. The number of nitro benzene ring substituents is 1. The third-order valence-electron chi connectivity index (χ3n) is 2.33. The number of aliphatic hydroxyl groups excluding tert-OH is 1. The van der Waals surface area contributed by atoms with E-state index in [0.717, 1.165) is 0 Å². The number of hydrogen-bond donors (Lipinski definition) is 1. The summed E-state index contributed by atoms with van der Waals surface area (Å²) in [4.78, 5) is 10.4. The number of benzene rings is 1. The summed E-state index contributed by atoms with van der Waals surface area (Å²) in [7, 11) is 1.43. The average Bonchev–Trinajstić information content (AvgIpc) is 2.86. The van der Waals surface area contributed by atoms with Crippen LogP contribution >= 0.6 is 0 Å². The summed E-state index contributed by atoms with van der Waals surface area (Å²) in [5, 5.41) is 27.2. The average molecular weight is 250 g/mol. The van der Waals surface area contributed by atoms with E-state index >= 15 is 0 Å². The zero-order valence-electron chi connectivity index (χ0n) is 9.48. The summed E-state index contributed by atoms with van der Waals surface area (Å²) in [5.41, 5.74) is 0.442. The minimum Gasteiger partial charge on any atom is -0.496 e. The van der Waals surface area contributed by atoms with Crippen LogP contribution in [0.2, 0.25) is 0 Å². The van der Waals surface area contributed by atoms with Crippen molar-refractivity contribution in [3.63, 3.8) is 0 Å². The van der Waals surface area contributed by atoms with Crippen molar-refractivity contribution in [1.82, 2.24) is 15.0 Å². The first-order valence-electron chi connectivity index (χ1n) is 5.00. The van der Waals surface area contributed by atoms with Gasteiger partial charge in [-0.25, -0.2) is 4.68 Å². The lowest BCUT2D eigenvalue weighted by molar-refractivity contribution is -0.384. The molecule has 0 fully saturated rings. The van der Waals surface area contributed by atoms with Gasteiger partial charge in [-0.2, -0.15) is 0 Å². The van der Waals surface area contributed by atoms with Gasteiger partial charge in [-0.15, -0.1) is 5.10 Å². The number of aromatic nitrogens is 3. The molecule has 0 radical (unpaired) electrons. The third kappa shape index (κ3) is 2.13. The number of nitro groups is 1. The molecule has 0 aliphatic carbocycles. The molecule has 2 rings (SSSR count). The Hall–Kier alpha value is -2.48. The van der Waals surface area contributed by atoms with Crippen LogP contribution in [-0.4, -0.2) is 32.1 Å². The van der Waals surface area contributed by atoms with E-state index in [1.54, 1.807) is 6.07 Å². The second kappa shape index (κ2) is 4.80. The van der Waals surface area contributed by atoms with Crippen LogP contribution in [0.3, 0.4) is 0 Å². The fourth-order valence-corrected chi connectivity index (χ4v) is 1.46. The molecule has 1 N–H and O–H groups in total. The lowest BCUT2D eigenvalue weighted by Crippen LogP contribution is -2.01. The zero-order valence-corrected chi connectivity index (χ0v) is 9.48. The molecule has 0 saturated carbocycles. The molecule has 0 unspecified atom stereocenters. The molecule has 0 atom stereocenters. The fraction of sp³-hybridized carbons (Fsp3) is 0.200. The molecule has 1 heterocycles. The Morgan fingerprint density at radius 2 is 2.33 bits per heavy atom. The van der Waals surface area contributed by atoms with Gasteiger partial charge < -0.3 is 9.84 Å². The van der Waals surface area contributed by atoms with Gasteiger partial charge in [0, 0.05) is 0 Å². The number of nitrogens with zero attached hydrogens (tertiary/aromatic N) is 4. The molecule has 0 amide bonds. The molecule has 2 aromatic rings. The molecular formula is C10H10N4O4. The second-order valence-electron chi connectivity index (χ2n) is 3.42. The van der Waals surface area contributed by atoms with Crippen LogP contribution in [-0.2, 0) is 6.61 Å². The van der Waals surface area contributed by atoms with Crippen molar-refractivity contribution < 1.29 is 14.8 Å². The van der Waals surface area contributed by atoms with E-state index in [2.05, 4.69) is 10.3 Å². The summed E-state index contributed by atoms with van der Waals surface area (Å²) < 4.78 is 6.17. The number of ether oxygens (including phenoxy) is 1. The normalized spacial score (nSPS) is 10.3. The molecule has 18 heavy (non-hydrogen) atoms. The smallest absolute Gasteiger partial charge is 0.298 e. The van der Waals surface area contributed by atoms with Gasteiger partial charge in [0.15, 0.2) is 0 Å². The topological polar surface area (TPSA) is 103 Å². The van der Waals surface area contributed by atoms with Crippen molar-refractivity contribution in [1.29, 1.82) is 0 Å². The van der Waals surface area contributed by atoms with Gasteiger partial charge in [-0.05, 0) is 12.1 Å². The predicted octanol–water partition coefficient (Wildman–Crippen LogP) is 0.676. The van der Waals surface area contributed by atoms with Gasteiger partial charge >= 0.3 is 0 Å². The van der Waals surface area contributed by atoms with Crippen LogP contribution in [0.4, 0.5) is 5.69 Å².